The van der Waals surface area contributed by atoms with Crippen molar-refractivity contribution in [1.82, 2.24) is 4.90 Å². The Morgan fingerprint density at radius 3 is 1.04 bits per heavy atom. The van der Waals surface area contributed by atoms with E-state index in [1.54, 1.807) is 0 Å². The molecule has 0 saturated heterocycles. The maximum absolute atomic E-state index is 11.2. The van der Waals surface area contributed by atoms with Gasteiger partial charge in [-0.3, -0.25) is 0 Å². The van der Waals surface area contributed by atoms with Crippen LogP contribution >= 0.6 is 0 Å². The van der Waals surface area contributed by atoms with Gasteiger partial charge in [0.15, 0.2) is 0 Å². The summed E-state index contributed by atoms with van der Waals surface area (Å²) in [5.41, 5.74) is 0. The molecule has 0 amide bonds. The van der Waals surface area contributed by atoms with E-state index in [0.29, 0.717) is 0 Å². The molecule has 0 aromatic carbocycles. The number of alkyl halides is 6. The van der Waals surface area contributed by atoms with E-state index in [0.717, 1.165) is 10.9 Å². The van der Waals surface area contributed by atoms with Crippen LogP contribution in [0.1, 0.15) is 13.3 Å². The van der Waals surface area contributed by atoms with Crippen LogP contribution in [-0.2, 0) is 0 Å². The second-order valence-electron chi connectivity index (χ2n) is 5.16. The molecule has 0 aliphatic rings. The Balaban J connectivity index is -0.0000000494. The monoisotopic (exact) mass is 872 g/mol. The van der Waals surface area contributed by atoms with E-state index in [9.17, 15) is 26.3 Å². The summed E-state index contributed by atoms with van der Waals surface area (Å²) in [5, 5.41) is 0. The maximum atomic E-state index is 11.2. The summed E-state index contributed by atoms with van der Waals surface area (Å²) in [4.78, 5) is -1.62. The van der Waals surface area contributed by atoms with Gasteiger partial charge in [0.25, 0.3) is 0 Å². The normalized spacial score (nSPS) is 10.0. The Morgan fingerprint density at radius 2 is 1.04 bits per heavy atom. The Morgan fingerprint density at radius 1 is 0.917 bits per heavy atom. The van der Waals surface area contributed by atoms with Crippen molar-refractivity contribution in [2.45, 2.75) is 25.9 Å². The second-order valence-corrected chi connectivity index (χ2v) is 5.16. The topological polar surface area (TPSA) is 3.24 Å². The first-order chi connectivity index (χ1) is 9.48. The third kappa shape index (κ3) is 61.9. The van der Waals surface area contributed by atoms with Crippen LogP contribution in [0.25, 0.3) is 0 Å². The van der Waals surface area contributed by atoms with Crippen LogP contribution in [-0.4, -0.2) is 57.2 Å². The van der Waals surface area contributed by atoms with Crippen molar-refractivity contribution < 1.29 is 30.8 Å². The van der Waals surface area contributed by atoms with Gasteiger partial charge in [0.2, 0.25) is 0 Å². The molecule has 0 rings (SSSR count). The molecule has 0 spiro atoms. The molecule has 0 N–H and O–H groups in total. The summed E-state index contributed by atoms with van der Waals surface area (Å²) < 4.78 is 67.9. The fourth-order valence-corrected chi connectivity index (χ4v) is 0.144. The Kier molecular flexibility index (Phi) is 25.2. The Hall–Kier alpha value is -3.15. The molecular weight excluding hydrogens is 844 g/mol. The SMILES string of the molecule is C=CCC.C=C[CH2-].CN(C(F)(F)F)C(F)(F)F.C[N+](C)(C)C.[Rf].[Rf]. The average Bonchev–Trinajstić information content (AvgIpc) is 2.25. The first-order valence-electron chi connectivity index (χ1n) is 6.16. The summed E-state index contributed by atoms with van der Waals surface area (Å²) in [6.07, 6.45) is -6.24. The van der Waals surface area contributed by atoms with Gasteiger partial charge >= 0.3 is 12.6 Å². The van der Waals surface area contributed by atoms with Gasteiger partial charge in [-0.25, -0.2) is 19.6 Å². The molecule has 24 heavy (non-hydrogen) atoms. The van der Waals surface area contributed by atoms with Crippen LogP contribution in [0.4, 0.5) is 26.3 Å². The van der Waals surface area contributed by atoms with Gasteiger partial charge in [-0.15, -0.1) is 11.5 Å². The summed E-state index contributed by atoms with van der Waals surface area (Å²) in [6.45, 7) is 12.0. The molecule has 0 heterocycles. The zero-order valence-corrected chi connectivity index (χ0v) is 28.4. The van der Waals surface area contributed by atoms with Crippen molar-refractivity contribution in [3.05, 3.63) is 32.2 Å². The first-order valence-corrected chi connectivity index (χ1v) is 6.16. The summed E-state index contributed by atoms with van der Waals surface area (Å²) in [6, 6.07) is 0. The number of rotatable bonds is 1. The molecule has 0 radical (unpaired) electrons. The summed E-state index contributed by atoms with van der Waals surface area (Å²) in [7, 11) is 8.42. The van der Waals surface area contributed by atoms with Gasteiger partial charge in [0.05, 0.1) is 28.2 Å². The summed E-state index contributed by atoms with van der Waals surface area (Å²) >= 11 is 0. The van der Waals surface area contributed by atoms with Crippen molar-refractivity contribution in [2.75, 3.05) is 35.2 Å². The van der Waals surface area contributed by atoms with Gasteiger partial charge in [0, 0.05) is 7.05 Å². The quantitative estimate of drug-likeness (QED) is 0.120. The smallest absolute Gasteiger partial charge is 0.333 e. The summed E-state index contributed by atoms with van der Waals surface area (Å²) in [5.74, 6) is 0. The number of nitrogens with zero attached hydrogens (tertiary/aromatic N) is 2. The molecule has 0 atom stereocenters. The minimum atomic E-state index is -5.35. The molecule has 0 aromatic heterocycles. The van der Waals surface area contributed by atoms with Gasteiger partial charge in [-0.2, -0.15) is 26.3 Å². The van der Waals surface area contributed by atoms with Crippen molar-refractivity contribution in [3.63, 3.8) is 0 Å². The molecule has 0 bridgehead atoms. The molecular formula is C14H28F6N2Rf2. The largest absolute Gasteiger partial charge is 0.466 e. The third-order valence-corrected chi connectivity index (χ3v) is 1.05. The van der Waals surface area contributed by atoms with Crippen molar-refractivity contribution in [2.24, 2.45) is 0 Å². The van der Waals surface area contributed by atoms with E-state index in [2.05, 4.69) is 55.2 Å². The predicted octanol–water partition coefficient (Wildman–Crippen LogP) is 4.87. The molecule has 2 nitrogen and oxygen atoms in total. The van der Waals surface area contributed by atoms with Gasteiger partial charge in [-0.05, 0) is 6.42 Å². The molecule has 0 aliphatic carbocycles. The first kappa shape index (κ1) is 37.3. The van der Waals surface area contributed by atoms with Crippen LogP contribution < -0.4 is 0 Å². The minimum Gasteiger partial charge on any atom is -0.333 e. The van der Waals surface area contributed by atoms with Crippen molar-refractivity contribution in [1.29, 1.82) is 0 Å². The number of halogens is 6. The number of quaternary nitrogens is 1. The Labute approximate surface area is 130 Å². The molecule has 0 unspecified atom stereocenters. The van der Waals surface area contributed by atoms with E-state index >= 15 is 0 Å². The van der Waals surface area contributed by atoms with Crippen LogP contribution in [0.3, 0.4) is 0 Å². The predicted molar refractivity (Wildman–Crippen MR) is 79.9 cm³/mol. The van der Waals surface area contributed by atoms with E-state index in [4.69, 9.17) is 0 Å². The molecule has 0 saturated carbocycles. The van der Waals surface area contributed by atoms with Gasteiger partial charge in [0.1, 0.15) is 0 Å². The molecule has 0 aliphatic heterocycles. The van der Waals surface area contributed by atoms with E-state index < -0.39 is 17.5 Å². The number of allylic oxidation sites excluding steroid dienone is 2. The zero-order valence-electron chi connectivity index (χ0n) is 15.6. The van der Waals surface area contributed by atoms with Gasteiger partial charge in [-0.1, -0.05) is 13.0 Å². The number of hydrogen-bond acceptors (Lipinski definition) is 1. The fourth-order valence-electron chi connectivity index (χ4n) is 0.144. The van der Waals surface area contributed by atoms with E-state index in [1.807, 2.05) is 6.08 Å². The molecule has 0 aromatic rings. The van der Waals surface area contributed by atoms with Crippen molar-refractivity contribution >= 4 is 0 Å². The molecule has 0 fully saturated rings. The van der Waals surface area contributed by atoms with Crippen LogP contribution in [0.5, 0.6) is 0 Å². The standard InChI is InChI=1S/C4H12N.C4H8.C3H3F6N.C3H5.2Rf/c1-5(2,3)4;1-3-4-2;1-10(2(4,5)6)3(7,8)9;1-3-2;;/h1-4H3;3H,1,4H2,2H3;1H3;3H,1-2H2;;/q+1;;;-1;;. The van der Waals surface area contributed by atoms with E-state index in [1.165, 1.54) is 6.08 Å². The third-order valence-electron chi connectivity index (χ3n) is 1.05. The van der Waals surface area contributed by atoms with Crippen LogP contribution in [0.15, 0.2) is 25.3 Å². The van der Waals surface area contributed by atoms with Crippen molar-refractivity contribution in [3.8, 4) is 0 Å². The maximum Gasteiger partial charge on any atom is 0.466 e. The van der Waals surface area contributed by atoms with E-state index in [-0.39, 0.29) is 7.05 Å². The van der Waals surface area contributed by atoms with Crippen LogP contribution in [0.2, 0.25) is 0 Å². The minimum absolute atomic E-state index is 0. The molecule has 140 valence electrons. The fraction of sp³-hybridized carbons (Fsp3) is 0.643. The van der Waals surface area contributed by atoms with Crippen LogP contribution in [0, 0.1) is 6.92 Å². The average molecular weight is 872 g/mol. The zero-order chi connectivity index (χ0) is 19.2. The molecule has 10 heteroatoms. The van der Waals surface area contributed by atoms with Gasteiger partial charge < -0.3 is 4.48 Å². The number of hydrogen-bond donors (Lipinski definition) is 0. The second kappa shape index (κ2) is 16.2. The Bertz CT molecular complexity index is 254.